The Labute approximate surface area is 121 Å². The van der Waals surface area contributed by atoms with Crippen molar-refractivity contribution < 1.29 is 4.79 Å². The molecule has 2 N–H and O–H groups in total. The predicted molar refractivity (Wildman–Crippen MR) is 80.0 cm³/mol. The Morgan fingerprint density at radius 2 is 2.25 bits per heavy atom. The first-order valence-corrected chi connectivity index (χ1v) is 7.99. The third-order valence-electron chi connectivity index (χ3n) is 4.80. The summed E-state index contributed by atoms with van der Waals surface area (Å²) in [6, 6.07) is 0.186. The fraction of sp³-hybridized carbons (Fsp3) is 0.571. The van der Waals surface area contributed by atoms with Crippen LogP contribution in [-0.4, -0.2) is 35.7 Å². The van der Waals surface area contributed by atoms with Gasteiger partial charge in [0.1, 0.15) is 0 Å². The van der Waals surface area contributed by atoms with Crippen molar-refractivity contribution in [1.29, 1.82) is 5.41 Å². The molecule has 2 fully saturated rings. The van der Waals surface area contributed by atoms with E-state index in [4.69, 9.17) is 5.41 Å². The number of hydrogen-bond acceptors (Lipinski definition) is 5. The average molecular weight is 291 g/mol. The summed E-state index contributed by atoms with van der Waals surface area (Å²) in [5, 5.41) is 13.7. The topological polar surface area (TPSA) is 82.4 Å². The van der Waals surface area contributed by atoms with Gasteiger partial charge >= 0.3 is 5.91 Å². The van der Waals surface area contributed by atoms with Crippen molar-refractivity contribution in [2.45, 2.75) is 24.9 Å². The van der Waals surface area contributed by atoms with Crippen LogP contribution in [0.2, 0.25) is 0 Å². The lowest BCUT2D eigenvalue weighted by molar-refractivity contribution is -0.114. The molecule has 0 aromatic heterocycles. The summed E-state index contributed by atoms with van der Waals surface area (Å²) in [6.07, 6.45) is 9.08. The number of hydrogen-bond donors (Lipinski definition) is 2. The summed E-state index contributed by atoms with van der Waals surface area (Å²) in [6.45, 7) is 0. The monoisotopic (exact) mass is 291 g/mol. The summed E-state index contributed by atoms with van der Waals surface area (Å²) < 4.78 is 0. The van der Waals surface area contributed by atoms with E-state index in [1.165, 1.54) is 6.21 Å². The molecule has 3 rings (SSSR count). The smallest absolute Gasteiger partial charge is 0.311 e. The number of carbonyl (C=O) groups excluding carboxylic acids is 1. The molecule has 1 aliphatic carbocycles. The van der Waals surface area contributed by atoms with Crippen molar-refractivity contribution in [2.75, 3.05) is 11.5 Å². The number of carbonyl (C=O) groups is 1. The Bertz CT molecular complexity index is 509. The molecule has 5 nitrogen and oxygen atoms in total. The largest absolute Gasteiger partial charge is 0.316 e. The molecule has 106 valence electrons. The van der Waals surface area contributed by atoms with Crippen LogP contribution < -0.4 is 5.32 Å². The van der Waals surface area contributed by atoms with Crippen LogP contribution in [0.25, 0.3) is 0 Å². The second-order valence-corrected chi connectivity index (χ2v) is 6.81. The van der Waals surface area contributed by atoms with Gasteiger partial charge in [0.05, 0.1) is 0 Å². The van der Waals surface area contributed by atoms with Crippen molar-refractivity contribution in [1.82, 2.24) is 5.32 Å². The van der Waals surface area contributed by atoms with Gasteiger partial charge < -0.3 is 10.7 Å². The molecule has 6 heteroatoms. The van der Waals surface area contributed by atoms with Crippen LogP contribution in [0.3, 0.4) is 0 Å². The summed E-state index contributed by atoms with van der Waals surface area (Å²) >= 11 is 1.94. The minimum atomic E-state index is -0.696. The van der Waals surface area contributed by atoms with Gasteiger partial charge in [-0.15, -0.1) is 4.91 Å². The number of thioether (sulfide) groups is 1. The number of rotatable bonds is 2. The van der Waals surface area contributed by atoms with Gasteiger partial charge in [0.2, 0.25) is 0 Å². The second-order valence-electron chi connectivity index (χ2n) is 5.59. The summed E-state index contributed by atoms with van der Waals surface area (Å²) in [5.74, 6) is 1.64. The van der Waals surface area contributed by atoms with Crippen molar-refractivity contribution in [3.05, 3.63) is 28.7 Å². The third-order valence-corrected chi connectivity index (χ3v) is 5.79. The molecule has 1 spiro atoms. The van der Waals surface area contributed by atoms with Crippen molar-refractivity contribution in [3.8, 4) is 0 Å². The van der Waals surface area contributed by atoms with E-state index >= 15 is 0 Å². The minimum absolute atomic E-state index is 0.00313. The fourth-order valence-corrected chi connectivity index (χ4v) is 5.00. The Morgan fingerprint density at radius 1 is 1.50 bits per heavy atom. The molecular formula is C14H17N3O2S. The molecule has 1 amide bonds. The van der Waals surface area contributed by atoms with Crippen LogP contribution in [-0.2, 0) is 4.79 Å². The second kappa shape index (κ2) is 5.26. The van der Waals surface area contributed by atoms with E-state index in [-0.39, 0.29) is 23.4 Å². The van der Waals surface area contributed by atoms with Crippen LogP contribution in [0.15, 0.2) is 29.0 Å². The number of nitroso groups, excluding NO2 is 1. The zero-order valence-corrected chi connectivity index (χ0v) is 11.9. The highest BCUT2D eigenvalue weighted by atomic mass is 32.2. The maximum atomic E-state index is 11.5. The highest BCUT2D eigenvalue weighted by molar-refractivity contribution is 7.99. The maximum Gasteiger partial charge on any atom is 0.316 e. The van der Waals surface area contributed by atoms with Gasteiger partial charge in [0.15, 0.2) is 0 Å². The molecule has 0 aromatic carbocycles. The van der Waals surface area contributed by atoms with E-state index in [1.54, 1.807) is 6.08 Å². The highest BCUT2D eigenvalue weighted by Crippen LogP contribution is 2.51. The molecule has 2 saturated heterocycles. The average Bonchev–Trinajstić information content (AvgIpc) is 2.80. The van der Waals surface area contributed by atoms with Crippen LogP contribution in [0.4, 0.5) is 0 Å². The van der Waals surface area contributed by atoms with E-state index < -0.39 is 5.91 Å². The number of amides is 1. The molecule has 2 aliphatic heterocycles. The SMILES string of the molecule is N=CC1NC2C=CC(C(=O)N=O)=CC2C12CCSCC2. The lowest BCUT2D eigenvalue weighted by Crippen LogP contribution is -2.43. The summed E-state index contributed by atoms with van der Waals surface area (Å²) in [5.41, 5.74) is 0.392. The Morgan fingerprint density at radius 3 is 2.90 bits per heavy atom. The van der Waals surface area contributed by atoms with E-state index in [9.17, 15) is 9.70 Å². The van der Waals surface area contributed by atoms with E-state index in [0.717, 1.165) is 24.3 Å². The van der Waals surface area contributed by atoms with Crippen molar-refractivity contribution in [2.24, 2.45) is 16.5 Å². The van der Waals surface area contributed by atoms with Crippen molar-refractivity contribution in [3.63, 3.8) is 0 Å². The van der Waals surface area contributed by atoms with Gasteiger partial charge in [-0.05, 0) is 24.3 Å². The predicted octanol–water partition coefficient (Wildman–Crippen LogP) is 1.90. The van der Waals surface area contributed by atoms with Gasteiger partial charge in [0, 0.05) is 40.4 Å². The molecule has 20 heavy (non-hydrogen) atoms. The molecule has 2 heterocycles. The first-order chi connectivity index (χ1) is 9.71. The van der Waals surface area contributed by atoms with Crippen LogP contribution in [0, 0.1) is 21.6 Å². The quantitative estimate of drug-likeness (QED) is 0.601. The molecule has 3 unspecified atom stereocenters. The van der Waals surface area contributed by atoms with E-state index in [0.29, 0.717) is 5.57 Å². The molecule has 0 aromatic rings. The minimum Gasteiger partial charge on any atom is -0.311 e. The lowest BCUT2D eigenvalue weighted by atomic mass is 9.66. The standard InChI is InChI=1S/C14H17N3O2S/c15-8-12-14(3-5-20-6-4-14)10-7-9(13(18)17-19)1-2-11(10)16-12/h1-2,7-8,10-12,15-16H,3-6H2. The summed E-state index contributed by atoms with van der Waals surface area (Å²) in [4.78, 5) is 22.0. The fourth-order valence-electron chi connectivity index (χ4n) is 3.75. The zero-order valence-electron chi connectivity index (χ0n) is 11.0. The first kappa shape index (κ1) is 13.7. The molecule has 3 aliphatic rings. The highest BCUT2D eigenvalue weighted by Gasteiger charge is 2.53. The number of fused-ring (bicyclic) bond motifs is 2. The lowest BCUT2D eigenvalue weighted by Gasteiger charge is -2.41. The van der Waals surface area contributed by atoms with Crippen LogP contribution in [0.5, 0.6) is 0 Å². The maximum absolute atomic E-state index is 11.5. The molecule has 0 saturated carbocycles. The Hall–Kier alpha value is -1.27. The van der Waals surface area contributed by atoms with Gasteiger partial charge in [0.25, 0.3) is 0 Å². The number of nitrogens with zero attached hydrogens (tertiary/aromatic N) is 1. The third kappa shape index (κ3) is 1.98. The molecule has 0 bridgehead atoms. The van der Waals surface area contributed by atoms with Gasteiger partial charge in [-0.1, -0.05) is 18.2 Å². The van der Waals surface area contributed by atoms with Gasteiger partial charge in [-0.3, -0.25) is 4.79 Å². The molecule has 3 atom stereocenters. The van der Waals surface area contributed by atoms with E-state index in [1.807, 2.05) is 23.9 Å². The zero-order chi connectivity index (χ0) is 14.2. The van der Waals surface area contributed by atoms with E-state index in [2.05, 4.69) is 10.5 Å². The van der Waals surface area contributed by atoms with Gasteiger partial charge in [-0.2, -0.15) is 11.8 Å². The molecular weight excluding hydrogens is 274 g/mol. The summed E-state index contributed by atoms with van der Waals surface area (Å²) in [7, 11) is 0. The van der Waals surface area contributed by atoms with Crippen LogP contribution >= 0.6 is 11.8 Å². The Balaban J connectivity index is 1.98. The normalized spacial score (nSPS) is 34.4. The first-order valence-electron chi connectivity index (χ1n) is 6.83. The van der Waals surface area contributed by atoms with Crippen LogP contribution in [0.1, 0.15) is 12.8 Å². The van der Waals surface area contributed by atoms with Gasteiger partial charge in [-0.25, -0.2) is 0 Å². The molecule has 0 radical (unpaired) electrons. The van der Waals surface area contributed by atoms with Crippen molar-refractivity contribution >= 4 is 23.9 Å². The number of nitrogens with one attached hydrogen (secondary N) is 2. The Kier molecular flexibility index (Phi) is 3.60.